The van der Waals surface area contributed by atoms with E-state index in [1.165, 1.54) is 0 Å². The molecule has 67 heavy (non-hydrogen) atoms. The first-order valence-corrected chi connectivity index (χ1v) is 24.2. The van der Waals surface area contributed by atoms with Gasteiger partial charge in [-0.3, -0.25) is 0 Å². The Hall–Kier alpha value is -1.28. The molecule has 6 fully saturated rings. The van der Waals surface area contributed by atoms with Crippen LogP contribution in [0.5, 0.6) is 0 Å². The lowest BCUT2D eigenvalue weighted by Crippen LogP contribution is -2.68. The van der Waals surface area contributed by atoms with Crippen LogP contribution in [0.4, 0.5) is 0 Å². The van der Waals surface area contributed by atoms with E-state index in [0.717, 1.165) is 5.57 Å². The summed E-state index contributed by atoms with van der Waals surface area (Å²) in [5.41, 5.74) is -3.06. The fraction of sp³-hybridized carbons (Fsp3) is 0.917. The molecule has 0 radical (unpaired) electrons. The van der Waals surface area contributed by atoms with Crippen LogP contribution in [-0.2, 0) is 28.4 Å². The Kier molecular flexibility index (Phi) is 15.7. The van der Waals surface area contributed by atoms with Crippen molar-refractivity contribution in [1.82, 2.24) is 0 Å². The largest absolute Gasteiger partial charge is 0.394 e. The second-order valence-electron chi connectivity index (χ2n) is 22.6. The molecule has 3 saturated heterocycles. The van der Waals surface area contributed by atoms with E-state index in [1.807, 2.05) is 52.8 Å². The Morgan fingerprint density at radius 1 is 0.687 bits per heavy atom. The highest BCUT2D eigenvalue weighted by Crippen LogP contribution is 2.75. The average Bonchev–Trinajstić information content (AvgIpc) is 3.66. The third-order valence-electron chi connectivity index (χ3n) is 18.1. The van der Waals surface area contributed by atoms with Gasteiger partial charge in [0.05, 0.1) is 43.7 Å². The van der Waals surface area contributed by atoms with Crippen LogP contribution in [0.2, 0.25) is 0 Å². The van der Waals surface area contributed by atoms with Crippen LogP contribution in [0.3, 0.4) is 0 Å². The van der Waals surface area contributed by atoms with Crippen LogP contribution in [0, 0.1) is 45.3 Å². The minimum Gasteiger partial charge on any atom is -0.394 e. The molecule has 4 aliphatic carbocycles. The number of aliphatic hydroxyl groups is 13. The first-order valence-electron chi connectivity index (χ1n) is 24.2. The molecule has 7 rings (SSSR count). The minimum absolute atomic E-state index is 0.215. The van der Waals surface area contributed by atoms with Gasteiger partial charge in [0.25, 0.3) is 0 Å². The lowest BCUT2D eigenvalue weighted by molar-refractivity contribution is -0.375. The summed E-state index contributed by atoms with van der Waals surface area (Å²) < 4.78 is 36.9. The van der Waals surface area contributed by atoms with E-state index in [-0.39, 0.29) is 17.8 Å². The highest BCUT2D eigenvalue weighted by atomic mass is 16.8. The van der Waals surface area contributed by atoms with E-state index in [0.29, 0.717) is 38.5 Å². The molecule has 19 heteroatoms. The molecule has 7 aliphatic rings. The molecule has 0 aromatic heterocycles. The van der Waals surface area contributed by atoms with Crippen LogP contribution in [0.1, 0.15) is 93.9 Å². The third-order valence-corrected chi connectivity index (χ3v) is 18.1. The van der Waals surface area contributed by atoms with E-state index in [2.05, 4.69) is 20.8 Å². The molecule has 3 heterocycles. The van der Waals surface area contributed by atoms with E-state index in [9.17, 15) is 66.4 Å². The molecule has 13 N–H and O–H groups in total. The van der Waals surface area contributed by atoms with Gasteiger partial charge in [-0.05, 0) is 80.0 Å². The average molecular weight is 961 g/mol. The number of allylic oxidation sites excluding steroid dienone is 1. The molecule has 0 bridgehead atoms. The molecular formula is C48H80O19. The number of fused-ring (bicyclic) bond motifs is 5. The maximum absolute atomic E-state index is 12.7. The highest BCUT2D eigenvalue weighted by molar-refractivity contribution is 5.36. The summed E-state index contributed by atoms with van der Waals surface area (Å²) in [6.45, 7) is 14.3. The number of hydrogen-bond donors (Lipinski definition) is 13. The minimum atomic E-state index is -1.83. The zero-order valence-corrected chi connectivity index (χ0v) is 40.1. The Morgan fingerprint density at radius 2 is 1.22 bits per heavy atom. The first-order chi connectivity index (χ1) is 31.3. The zero-order chi connectivity index (χ0) is 49.5. The molecule has 0 spiro atoms. The van der Waals surface area contributed by atoms with Crippen molar-refractivity contribution in [2.24, 2.45) is 45.3 Å². The second kappa shape index (κ2) is 19.6. The SMILES string of the molecule is CC(C)C=CCC(C)(OC1OC(CO)C(O)C(O)C1O)C1CCC2(C)C1C(O)CC1C3(C)CCC(OC4OC(CO)C(O)C(O)C4OC4OC(CO)C(O)C(O)C4O)C(C)(C)C3=CC(O)C12C. The van der Waals surface area contributed by atoms with Crippen LogP contribution >= 0.6 is 0 Å². The Bertz CT molecular complexity index is 1760. The fourth-order valence-corrected chi connectivity index (χ4v) is 14.0. The maximum Gasteiger partial charge on any atom is 0.187 e. The van der Waals surface area contributed by atoms with Crippen molar-refractivity contribution in [1.29, 1.82) is 0 Å². The van der Waals surface area contributed by atoms with Gasteiger partial charge in [-0.25, -0.2) is 0 Å². The van der Waals surface area contributed by atoms with E-state index < -0.39 is 163 Å². The number of ether oxygens (including phenoxy) is 6. The van der Waals surface area contributed by atoms with Crippen LogP contribution in [0.25, 0.3) is 0 Å². The van der Waals surface area contributed by atoms with Gasteiger partial charge < -0.3 is 94.8 Å². The quantitative estimate of drug-likeness (QED) is 0.0957. The second-order valence-corrected chi connectivity index (χ2v) is 22.6. The molecule has 25 atom stereocenters. The van der Waals surface area contributed by atoms with Crippen LogP contribution in [-0.4, -0.2) is 202 Å². The lowest BCUT2D eigenvalue weighted by atomic mass is 9.37. The zero-order valence-electron chi connectivity index (χ0n) is 40.1. The van der Waals surface area contributed by atoms with Crippen LogP contribution in [0.15, 0.2) is 23.8 Å². The summed E-state index contributed by atoms with van der Waals surface area (Å²) in [6, 6.07) is 0. The summed E-state index contributed by atoms with van der Waals surface area (Å²) in [5.74, 6) is -0.756. The van der Waals surface area contributed by atoms with Gasteiger partial charge in [-0.15, -0.1) is 0 Å². The fourth-order valence-electron chi connectivity index (χ4n) is 14.0. The molecule has 0 amide bonds. The first kappa shape index (κ1) is 53.5. The predicted octanol–water partition coefficient (Wildman–Crippen LogP) is -1.28. The Labute approximate surface area is 392 Å². The molecule has 0 aromatic carbocycles. The topological polar surface area (TPSA) is 318 Å². The normalized spacial score (nSPS) is 52.0. The number of hydrogen-bond acceptors (Lipinski definition) is 19. The van der Waals surface area contributed by atoms with Gasteiger partial charge >= 0.3 is 0 Å². The summed E-state index contributed by atoms with van der Waals surface area (Å²) in [6.07, 6.45) is -17.2. The summed E-state index contributed by atoms with van der Waals surface area (Å²) in [4.78, 5) is 0. The smallest absolute Gasteiger partial charge is 0.187 e. The van der Waals surface area contributed by atoms with E-state index in [1.54, 1.807) is 0 Å². The number of aliphatic hydroxyl groups excluding tert-OH is 13. The summed E-state index contributed by atoms with van der Waals surface area (Å²) in [7, 11) is 0. The van der Waals surface area contributed by atoms with Crippen molar-refractivity contribution in [3.63, 3.8) is 0 Å². The van der Waals surface area contributed by atoms with Gasteiger partial charge in [0.1, 0.15) is 73.2 Å². The van der Waals surface area contributed by atoms with Gasteiger partial charge in [0.2, 0.25) is 0 Å². The van der Waals surface area contributed by atoms with Gasteiger partial charge in [0, 0.05) is 10.8 Å². The van der Waals surface area contributed by atoms with Crippen LogP contribution < -0.4 is 0 Å². The monoisotopic (exact) mass is 961 g/mol. The summed E-state index contributed by atoms with van der Waals surface area (Å²) >= 11 is 0. The molecule has 0 aromatic rings. The van der Waals surface area contributed by atoms with E-state index >= 15 is 0 Å². The highest BCUT2D eigenvalue weighted by Gasteiger charge is 2.73. The van der Waals surface area contributed by atoms with E-state index in [4.69, 9.17) is 28.4 Å². The molecule has 19 nitrogen and oxygen atoms in total. The molecule has 386 valence electrons. The summed E-state index contributed by atoms with van der Waals surface area (Å²) in [5, 5.41) is 141. The van der Waals surface area contributed by atoms with Crippen molar-refractivity contribution >= 4 is 0 Å². The standard InChI is InChI=1S/C48H80O19/c1-21(2)10-9-13-47(7,67-42-39(61)36(58)33(55)25(19-50)63-42)22-11-15-46(6)31(22)23(52)16-28-45(5)14-12-30(44(3,4)27(45)17-29(53)48(28,46)8)65-43-40(37(59)34(56)26(20-51)64-43)66-41-38(60)35(57)32(54)24(18-49)62-41/h9-10,17,21-26,28-43,49-61H,11-16,18-20H2,1-8H3. The van der Waals surface area contributed by atoms with Gasteiger partial charge in [-0.2, -0.15) is 0 Å². The van der Waals surface area contributed by atoms with Crippen molar-refractivity contribution in [3.8, 4) is 0 Å². The molecule has 3 saturated carbocycles. The Morgan fingerprint density at radius 3 is 1.79 bits per heavy atom. The molecular weight excluding hydrogens is 881 g/mol. The maximum atomic E-state index is 12.7. The van der Waals surface area contributed by atoms with Crippen molar-refractivity contribution in [3.05, 3.63) is 23.8 Å². The van der Waals surface area contributed by atoms with Crippen molar-refractivity contribution < 1.29 is 94.8 Å². The van der Waals surface area contributed by atoms with Crippen molar-refractivity contribution in [2.45, 2.75) is 210 Å². The van der Waals surface area contributed by atoms with Gasteiger partial charge in [-0.1, -0.05) is 72.3 Å². The van der Waals surface area contributed by atoms with Crippen molar-refractivity contribution in [2.75, 3.05) is 19.8 Å². The predicted molar refractivity (Wildman–Crippen MR) is 235 cm³/mol. The molecule has 25 unspecified atom stereocenters. The Balaban J connectivity index is 1.18. The van der Waals surface area contributed by atoms with Gasteiger partial charge in [0.15, 0.2) is 18.9 Å². The molecule has 3 aliphatic heterocycles. The number of rotatable bonds is 13. The lowest BCUT2D eigenvalue weighted by Gasteiger charge is -2.69. The third kappa shape index (κ3) is 8.84.